The maximum atomic E-state index is 12.7. The predicted octanol–water partition coefficient (Wildman–Crippen LogP) is 2.65. The second-order valence-electron chi connectivity index (χ2n) is 7.36. The number of carbonyl (C=O) groups is 1. The van der Waals surface area contributed by atoms with Crippen molar-refractivity contribution in [2.24, 2.45) is 0 Å². The first-order chi connectivity index (χ1) is 13.8. The lowest BCUT2D eigenvalue weighted by atomic mass is 9.97. The molecule has 2 aliphatic heterocycles. The summed E-state index contributed by atoms with van der Waals surface area (Å²) in [5.74, 6) is 1.13. The van der Waals surface area contributed by atoms with Gasteiger partial charge in [-0.15, -0.1) is 0 Å². The van der Waals surface area contributed by atoms with Crippen LogP contribution in [0.1, 0.15) is 34.9 Å². The topological polar surface area (TPSA) is 63.0 Å². The predicted molar refractivity (Wildman–Crippen MR) is 108 cm³/mol. The molecule has 2 fully saturated rings. The normalized spacial score (nSPS) is 20.6. The molecule has 0 radical (unpaired) electrons. The number of aromatic nitrogens is 3. The Balaban J connectivity index is 1.35. The smallest absolute Gasteiger partial charge is 0.254 e. The SMILES string of the molecule is O=C(c1ccsc1)N1CCCC(c2nc3ccc(N4CCOCC4)cn3n2)C1. The summed E-state index contributed by atoms with van der Waals surface area (Å²) < 4.78 is 7.32. The van der Waals surface area contributed by atoms with Gasteiger partial charge in [-0.25, -0.2) is 9.50 Å². The third kappa shape index (κ3) is 3.38. The van der Waals surface area contributed by atoms with Crippen molar-refractivity contribution in [3.8, 4) is 0 Å². The van der Waals surface area contributed by atoms with Crippen LogP contribution in [-0.4, -0.2) is 64.8 Å². The summed E-state index contributed by atoms with van der Waals surface area (Å²) in [5.41, 5.74) is 2.78. The number of likely N-dealkylation sites (tertiary alicyclic amines) is 1. The summed E-state index contributed by atoms with van der Waals surface area (Å²) in [6.07, 6.45) is 4.05. The monoisotopic (exact) mass is 397 g/mol. The van der Waals surface area contributed by atoms with Crippen LogP contribution >= 0.6 is 11.3 Å². The van der Waals surface area contributed by atoms with Crippen LogP contribution < -0.4 is 4.90 Å². The molecule has 5 rings (SSSR count). The Morgan fingerprint density at radius 3 is 2.89 bits per heavy atom. The molecule has 0 aromatic carbocycles. The van der Waals surface area contributed by atoms with Crippen LogP contribution in [-0.2, 0) is 4.74 Å². The van der Waals surface area contributed by atoms with Crippen LogP contribution in [0.4, 0.5) is 5.69 Å². The van der Waals surface area contributed by atoms with Crippen molar-refractivity contribution in [3.63, 3.8) is 0 Å². The minimum atomic E-state index is 0.115. The molecule has 2 aliphatic rings. The van der Waals surface area contributed by atoms with Gasteiger partial charge in [0, 0.05) is 37.5 Å². The van der Waals surface area contributed by atoms with E-state index >= 15 is 0 Å². The zero-order chi connectivity index (χ0) is 18.9. The molecule has 8 heteroatoms. The van der Waals surface area contributed by atoms with Gasteiger partial charge in [-0.05, 0) is 36.4 Å². The Bertz CT molecular complexity index is 964. The summed E-state index contributed by atoms with van der Waals surface area (Å²) in [4.78, 5) is 21.7. The average Bonchev–Trinajstić information content (AvgIpc) is 3.43. The first kappa shape index (κ1) is 17.6. The Labute approximate surface area is 167 Å². The van der Waals surface area contributed by atoms with Crippen LogP contribution in [0.3, 0.4) is 0 Å². The lowest BCUT2D eigenvalue weighted by molar-refractivity contribution is 0.0705. The molecule has 0 N–H and O–H groups in total. The number of pyridine rings is 1. The van der Waals surface area contributed by atoms with E-state index in [4.69, 9.17) is 14.8 Å². The van der Waals surface area contributed by atoms with E-state index < -0.39 is 0 Å². The van der Waals surface area contributed by atoms with Crippen LogP contribution in [0.25, 0.3) is 5.65 Å². The van der Waals surface area contributed by atoms with Gasteiger partial charge in [-0.1, -0.05) is 0 Å². The number of nitrogens with zero attached hydrogens (tertiary/aromatic N) is 5. The lowest BCUT2D eigenvalue weighted by Gasteiger charge is -2.31. The standard InChI is InChI=1S/C20H23N5O2S/c26-20(16-5-11-28-14-16)24-6-1-2-15(12-24)19-21-18-4-3-17(13-25(18)22-19)23-7-9-27-10-8-23/h3-5,11,13-15H,1-2,6-10,12H2. The van der Waals surface area contributed by atoms with Gasteiger partial charge in [-0.3, -0.25) is 4.79 Å². The number of amides is 1. The number of carbonyl (C=O) groups excluding carboxylic acids is 1. The number of morpholine rings is 1. The summed E-state index contributed by atoms with van der Waals surface area (Å²) in [6, 6.07) is 6.03. The van der Waals surface area contributed by atoms with Crippen LogP contribution in [0.5, 0.6) is 0 Å². The zero-order valence-electron chi connectivity index (χ0n) is 15.7. The Kier molecular flexibility index (Phi) is 4.74. The van der Waals surface area contributed by atoms with Gasteiger partial charge in [0.25, 0.3) is 5.91 Å². The van der Waals surface area contributed by atoms with E-state index in [2.05, 4.69) is 11.0 Å². The Morgan fingerprint density at radius 1 is 1.18 bits per heavy atom. The lowest BCUT2D eigenvalue weighted by Crippen LogP contribution is -2.39. The van der Waals surface area contributed by atoms with E-state index in [9.17, 15) is 4.79 Å². The molecule has 0 aliphatic carbocycles. The molecule has 3 aromatic heterocycles. The summed E-state index contributed by atoms with van der Waals surface area (Å²) >= 11 is 1.56. The number of piperidine rings is 1. The fourth-order valence-electron chi connectivity index (χ4n) is 4.01. The maximum Gasteiger partial charge on any atom is 0.254 e. The van der Waals surface area contributed by atoms with Crippen LogP contribution in [0, 0.1) is 0 Å². The van der Waals surface area contributed by atoms with E-state index in [1.165, 1.54) is 0 Å². The van der Waals surface area contributed by atoms with Crippen LogP contribution in [0.2, 0.25) is 0 Å². The highest BCUT2D eigenvalue weighted by Crippen LogP contribution is 2.27. The third-order valence-corrected chi connectivity index (χ3v) is 6.23. The van der Waals surface area contributed by atoms with Crippen molar-refractivity contribution in [1.82, 2.24) is 19.5 Å². The highest BCUT2D eigenvalue weighted by atomic mass is 32.1. The van der Waals surface area contributed by atoms with E-state index in [1.54, 1.807) is 11.3 Å². The molecule has 0 bridgehead atoms. The van der Waals surface area contributed by atoms with Gasteiger partial charge in [0.2, 0.25) is 0 Å². The van der Waals surface area contributed by atoms with Crippen molar-refractivity contribution in [1.29, 1.82) is 0 Å². The minimum absolute atomic E-state index is 0.115. The second kappa shape index (κ2) is 7.52. The van der Waals surface area contributed by atoms with E-state index in [0.29, 0.717) is 6.54 Å². The van der Waals surface area contributed by atoms with E-state index in [1.807, 2.05) is 38.5 Å². The number of fused-ring (bicyclic) bond motifs is 1. The Morgan fingerprint density at radius 2 is 2.07 bits per heavy atom. The molecule has 7 nitrogen and oxygen atoms in total. The molecular formula is C20H23N5O2S. The quantitative estimate of drug-likeness (QED) is 0.680. The molecule has 28 heavy (non-hydrogen) atoms. The summed E-state index contributed by atoms with van der Waals surface area (Å²) in [6.45, 7) is 4.81. The molecule has 0 spiro atoms. The van der Waals surface area contributed by atoms with Crippen molar-refractivity contribution < 1.29 is 9.53 Å². The van der Waals surface area contributed by atoms with Gasteiger partial charge < -0.3 is 14.5 Å². The fourth-order valence-corrected chi connectivity index (χ4v) is 4.64. The molecule has 1 unspecified atom stereocenters. The average molecular weight is 398 g/mol. The zero-order valence-corrected chi connectivity index (χ0v) is 16.5. The number of thiophene rings is 1. The van der Waals surface area contributed by atoms with Crippen molar-refractivity contribution in [2.45, 2.75) is 18.8 Å². The summed E-state index contributed by atoms with van der Waals surface area (Å²) in [5, 5.41) is 8.63. The number of anilines is 1. The highest BCUT2D eigenvalue weighted by molar-refractivity contribution is 7.08. The first-order valence-electron chi connectivity index (χ1n) is 9.78. The molecule has 1 amide bonds. The van der Waals surface area contributed by atoms with E-state index in [0.717, 1.165) is 68.4 Å². The molecule has 0 saturated carbocycles. The van der Waals surface area contributed by atoms with Crippen molar-refractivity contribution in [2.75, 3.05) is 44.3 Å². The van der Waals surface area contributed by atoms with Gasteiger partial charge in [0.1, 0.15) is 0 Å². The molecule has 2 saturated heterocycles. The third-order valence-electron chi connectivity index (χ3n) is 5.55. The molecule has 146 valence electrons. The molecule has 1 atom stereocenters. The first-order valence-corrected chi connectivity index (χ1v) is 10.7. The number of hydrogen-bond acceptors (Lipinski definition) is 6. The maximum absolute atomic E-state index is 12.7. The van der Waals surface area contributed by atoms with Gasteiger partial charge >= 0.3 is 0 Å². The van der Waals surface area contributed by atoms with Crippen molar-refractivity contribution in [3.05, 3.63) is 46.5 Å². The van der Waals surface area contributed by atoms with E-state index in [-0.39, 0.29) is 11.8 Å². The van der Waals surface area contributed by atoms with Crippen molar-refractivity contribution >= 4 is 28.6 Å². The molecular weight excluding hydrogens is 374 g/mol. The number of hydrogen-bond donors (Lipinski definition) is 0. The fraction of sp³-hybridized carbons (Fsp3) is 0.450. The molecule has 5 heterocycles. The van der Waals surface area contributed by atoms with Gasteiger partial charge in [0.15, 0.2) is 11.5 Å². The van der Waals surface area contributed by atoms with Gasteiger partial charge in [0.05, 0.1) is 30.7 Å². The largest absolute Gasteiger partial charge is 0.378 e. The van der Waals surface area contributed by atoms with Crippen LogP contribution in [0.15, 0.2) is 35.2 Å². The Hall–Kier alpha value is -2.45. The second-order valence-corrected chi connectivity index (χ2v) is 8.14. The molecule has 3 aromatic rings. The number of ether oxygens (including phenoxy) is 1. The highest BCUT2D eigenvalue weighted by Gasteiger charge is 2.28. The van der Waals surface area contributed by atoms with Gasteiger partial charge in [-0.2, -0.15) is 16.4 Å². The summed E-state index contributed by atoms with van der Waals surface area (Å²) in [7, 11) is 0. The number of rotatable bonds is 3. The minimum Gasteiger partial charge on any atom is -0.378 e.